The van der Waals surface area contributed by atoms with Gasteiger partial charge in [0, 0.05) is 10.8 Å². The quantitative estimate of drug-likeness (QED) is 0.830. The molecule has 3 N–H and O–H groups in total. The van der Waals surface area contributed by atoms with Gasteiger partial charge in [0.25, 0.3) is 0 Å². The van der Waals surface area contributed by atoms with Crippen LogP contribution in [0.1, 0.15) is 25.5 Å². The molecule has 3 heteroatoms. The third kappa shape index (κ3) is 1.72. The molecule has 1 aromatic carbocycles. The first-order valence-corrected chi connectivity index (χ1v) is 5.60. The monoisotopic (exact) mass is 219 g/mol. The van der Waals surface area contributed by atoms with Crippen molar-refractivity contribution in [1.29, 1.82) is 0 Å². The first-order chi connectivity index (χ1) is 7.71. The number of rotatable bonds is 4. The predicted molar refractivity (Wildman–Crippen MR) is 64.1 cm³/mol. The molecule has 0 aliphatic carbocycles. The summed E-state index contributed by atoms with van der Waals surface area (Å²) in [5.41, 5.74) is 4.59. The van der Waals surface area contributed by atoms with Crippen LogP contribution in [-0.2, 0) is 5.60 Å². The average Bonchev–Trinajstić information content (AvgIpc) is 2.73. The van der Waals surface area contributed by atoms with E-state index < -0.39 is 5.60 Å². The Bertz CT molecular complexity index is 477. The van der Waals surface area contributed by atoms with Crippen LogP contribution in [-0.4, -0.2) is 11.7 Å². The Balaban J connectivity index is 2.53. The minimum atomic E-state index is -0.947. The first kappa shape index (κ1) is 11.2. The zero-order valence-electron chi connectivity index (χ0n) is 9.44. The fourth-order valence-electron chi connectivity index (χ4n) is 2.04. The minimum absolute atomic E-state index is 0.444. The highest BCUT2D eigenvalue weighted by atomic mass is 16.4. The Morgan fingerprint density at radius 2 is 2.12 bits per heavy atom. The fourth-order valence-corrected chi connectivity index (χ4v) is 2.04. The molecule has 1 atom stereocenters. The molecule has 1 heterocycles. The van der Waals surface area contributed by atoms with Gasteiger partial charge in [0.15, 0.2) is 0 Å². The molecule has 0 fully saturated rings. The molecule has 0 amide bonds. The van der Waals surface area contributed by atoms with Crippen molar-refractivity contribution in [3.8, 4) is 0 Å². The van der Waals surface area contributed by atoms with Gasteiger partial charge in [0.05, 0.1) is 6.26 Å². The zero-order chi connectivity index (χ0) is 11.6. The molecule has 0 radical (unpaired) electrons. The smallest absolute Gasteiger partial charge is 0.143 e. The lowest BCUT2D eigenvalue weighted by Crippen LogP contribution is -2.27. The third-order valence-corrected chi connectivity index (χ3v) is 3.07. The molecular formula is C13H17NO2. The van der Waals surface area contributed by atoms with Crippen molar-refractivity contribution >= 4 is 10.8 Å². The third-order valence-electron chi connectivity index (χ3n) is 3.07. The summed E-state index contributed by atoms with van der Waals surface area (Å²) in [5.74, 6) is 0.635. The topological polar surface area (TPSA) is 59.4 Å². The van der Waals surface area contributed by atoms with Gasteiger partial charge in [0.2, 0.25) is 0 Å². The summed E-state index contributed by atoms with van der Waals surface area (Å²) < 4.78 is 5.52. The van der Waals surface area contributed by atoms with Gasteiger partial charge >= 0.3 is 0 Å². The Morgan fingerprint density at radius 1 is 1.38 bits per heavy atom. The summed E-state index contributed by atoms with van der Waals surface area (Å²) in [4.78, 5) is 0. The lowest BCUT2D eigenvalue weighted by Gasteiger charge is -2.24. The summed E-state index contributed by atoms with van der Waals surface area (Å²) in [7, 11) is 0. The van der Waals surface area contributed by atoms with E-state index >= 15 is 0 Å². The van der Waals surface area contributed by atoms with Crippen LogP contribution in [0.5, 0.6) is 0 Å². The predicted octanol–water partition coefficient (Wildman–Crippen LogP) is 2.38. The van der Waals surface area contributed by atoms with Gasteiger partial charge in [0.1, 0.15) is 11.4 Å². The van der Waals surface area contributed by atoms with Crippen LogP contribution >= 0.6 is 0 Å². The summed E-state index contributed by atoms with van der Waals surface area (Å²) >= 11 is 0. The van der Waals surface area contributed by atoms with Gasteiger partial charge in [-0.1, -0.05) is 31.2 Å². The van der Waals surface area contributed by atoms with Crippen molar-refractivity contribution in [3.05, 3.63) is 36.3 Å². The van der Waals surface area contributed by atoms with Crippen LogP contribution in [0.3, 0.4) is 0 Å². The molecule has 0 saturated carbocycles. The van der Waals surface area contributed by atoms with Gasteiger partial charge in [-0.05, 0) is 19.4 Å². The first-order valence-electron chi connectivity index (χ1n) is 5.60. The van der Waals surface area contributed by atoms with Crippen molar-refractivity contribution < 1.29 is 9.52 Å². The maximum Gasteiger partial charge on any atom is 0.143 e. The molecule has 3 nitrogen and oxygen atoms in total. The Labute approximate surface area is 94.9 Å². The van der Waals surface area contributed by atoms with Gasteiger partial charge in [-0.25, -0.2) is 0 Å². The molecule has 86 valence electrons. The van der Waals surface area contributed by atoms with E-state index in [2.05, 4.69) is 0 Å². The Kier molecular flexibility index (Phi) is 2.99. The molecule has 0 saturated heterocycles. The maximum atomic E-state index is 10.5. The second-order valence-corrected chi connectivity index (χ2v) is 4.08. The SMILES string of the molecule is CCC(O)(CCN)c1occ2ccccc12. The zero-order valence-corrected chi connectivity index (χ0v) is 9.44. The Morgan fingerprint density at radius 3 is 2.81 bits per heavy atom. The molecule has 2 aromatic rings. The van der Waals surface area contributed by atoms with Crippen LogP contribution in [0.4, 0.5) is 0 Å². The normalized spacial score (nSPS) is 15.2. The molecule has 0 spiro atoms. The Hall–Kier alpha value is -1.32. The fraction of sp³-hybridized carbons (Fsp3) is 0.385. The summed E-state index contributed by atoms with van der Waals surface area (Å²) in [6.45, 7) is 2.38. The second kappa shape index (κ2) is 4.28. The number of nitrogens with two attached hydrogens (primary N) is 1. The average molecular weight is 219 g/mol. The number of hydrogen-bond donors (Lipinski definition) is 2. The number of fused-ring (bicyclic) bond motifs is 1. The summed E-state index contributed by atoms with van der Waals surface area (Å²) in [6.07, 6.45) is 2.80. The van der Waals surface area contributed by atoms with E-state index in [1.807, 2.05) is 31.2 Å². The molecule has 0 aliphatic rings. The van der Waals surface area contributed by atoms with E-state index in [9.17, 15) is 5.11 Å². The van der Waals surface area contributed by atoms with E-state index in [0.717, 1.165) is 10.8 Å². The highest BCUT2D eigenvalue weighted by Crippen LogP contribution is 2.34. The molecule has 2 rings (SSSR count). The van der Waals surface area contributed by atoms with Crippen molar-refractivity contribution in [2.75, 3.05) is 6.54 Å². The minimum Gasteiger partial charge on any atom is -0.465 e. The summed E-state index contributed by atoms with van der Waals surface area (Å²) in [5, 5.41) is 12.5. The lowest BCUT2D eigenvalue weighted by atomic mass is 9.91. The van der Waals surface area contributed by atoms with Gasteiger partial charge in [-0.15, -0.1) is 0 Å². The molecule has 1 unspecified atom stereocenters. The van der Waals surface area contributed by atoms with Crippen LogP contribution in [0.2, 0.25) is 0 Å². The number of benzene rings is 1. The highest BCUT2D eigenvalue weighted by Gasteiger charge is 2.31. The van der Waals surface area contributed by atoms with Gasteiger partial charge < -0.3 is 15.3 Å². The van der Waals surface area contributed by atoms with E-state index in [1.165, 1.54) is 0 Å². The molecule has 0 bridgehead atoms. The van der Waals surface area contributed by atoms with Gasteiger partial charge in [-0.3, -0.25) is 0 Å². The van der Waals surface area contributed by atoms with Crippen molar-refractivity contribution in [2.45, 2.75) is 25.4 Å². The van der Waals surface area contributed by atoms with Crippen molar-refractivity contribution in [3.63, 3.8) is 0 Å². The highest BCUT2D eigenvalue weighted by molar-refractivity contribution is 5.84. The number of furan rings is 1. The van der Waals surface area contributed by atoms with Crippen LogP contribution < -0.4 is 5.73 Å². The second-order valence-electron chi connectivity index (χ2n) is 4.08. The van der Waals surface area contributed by atoms with E-state index in [0.29, 0.717) is 25.1 Å². The van der Waals surface area contributed by atoms with Crippen LogP contribution in [0, 0.1) is 0 Å². The molecular weight excluding hydrogens is 202 g/mol. The van der Waals surface area contributed by atoms with Crippen LogP contribution in [0.15, 0.2) is 34.9 Å². The van der Waals surface area contributed by atoms with Crippen molar-refractivity contribution in [2.24, 2.45) is 5.73 Å². The van der Waals surface area contributed by atoms with Gasteiger partial charge in [-0.2, -0.15) is 0 Å². The van der Waals surface area contributed by atoms with E-state index in [1.54, 1.807) is 6.26 Å². The number of aliphatic hydroxyl groups is 1. The van der Waals surface area contributed by atoms with E-state index in [-0.39, 0.29) is 0 Å². The lowest BCUT2D eigenvalue weighted by molar-refractivity contribution is 0.00637. The standard InChI is InChI=1S/C13H17NO2/c1-2-13(15,7-8-14)12-11-6-4-3-5-10(11)9-16-12/h3-6,9,15H,2,7-8,14H2,1H3. The van der Waals surface area contributed by atoms with E-state index in [4.69, 9.17) is 10.2 Å². The molecule has 0 aliphatic heterocycles. The largest absolute Gasteiger partial charge is 0.465 e. The summed E-state index contributed by atoms with van der Waals surface area (Å²) in [6, 6.07) is 7.83. The molecule has 1 aromatic heterocycles. The van der Waals surface area contributed by atoms with Crippen molar-refractivity contribution in [1.82, 2.24) is 0 Å². The number of hydrogen-bond acceptors (Lipinski definition) is 3. The molecule has 16 heavy (non-hydrogen) atoms. The maximum absolute atomic E-state index is 10.5. The van der Waals surface area contributed by atoms with Crippen LogP contribution in [0.25, 0.3) is 10.8 Å².